The first-order chi connectivity index (χ1) is 27.1. The molecule has 0 atom stereocenters. The van der Waals surface area contributed by atoms with Gasteiger partial charge in [0.05, 0.1) is 39.0 Å². The maximum atomic E-state index is 5.55. The minimum atomic E-state index is -0.120. The average Bonchev–Trinajstić information content (AvgIpc) is 3.82. The zero-order valence-corrected chi connectivity index (χ0v) is 30.5. The Balaban J connectivity index is 1.19. The van der Waals surface area contributed by atoms with Crippen molar-refractivity contribution in [2.45, 2.75) is 19.3 Å². The zero-order valence-electron chi connectivity index (χ0n) is 30.5. The third kappa shape index (κ3) is 4.11. The Morgan fingerprint density at radius 1 is 0.436 bits per heavy atom. The van der Waals surface area contributed by atoms with Gasteiger partial charge in [0.2, 0.25) is 5.95 Å². The van der Waals surface area contributed by atoms with Crippen LogP contribution in [0.2, 0.25) is 0 Å². The summed E-state index contributed by atoms with van der Waals surface area (Å²) >= 11 is 0. The van der Waals surface area contributed by atoms with Gasteiger partial charge in [0.15, 0.2) is 0 Å². The molecule has 3 aromatic heterocycles. The van der Waals surface area contributed by atoms with E-state index in [2.05, 4.69) is 193 Å². The van der Waals surface area contributed by atoms with Crippen molar-refractivity contribution in [3.05, 3.63) is 181 Å². The molecule has 1 aliphatic carbocycles. The molecule has 258 valence electrons. The van der Waals surface area contributed by atoms with Crippen LogP contribution in [0.5, 0.6) is 0 Å². The SMILES string of the molecule is CC1(C)c2ccccc2-c2ccc(-c3nc(-n4c5ccccc5c5c(-n6c7ccccc7c7ccccc76)c6ccccc6cc54)nc4ccccc34)cc21. The number of para-hydroxylation sites is 4. The predicted molar refractivity (Wildman–Crippen MR) is 229 cm³/mol. The molecule has 1 aliphatic rings. The molecular formula is C51H34N4. The molecule has 4 heteroatoms. The molecule has 3 heterocycles. The lowest BCUT2D eigenvalue weighted by atomic mass is 9.82. The molecule has 11 aromatic rings. The second kappa shape index (κ2) is 11.0. The lowest BCUT2D eigenvalue weighted by molar-refractivity contribution is 0.660. The maximum Gasteiger partial charge on any atom is 0.235 e. The summed E-state index contributed by atoms with van der Waals surface area (Å²) in [4.78, 5) is 10.9. The van der Waals surface area contributed by atoms with Crippen LogP contribution in [-0.4, -0.2) is 19.1 Å². The molecule has 55 heavy (non-hydrogen) atoms. The molecular weight excluding hydrogens is 669 g/mol. The van der Waals surface area contributed by atoms with E-state index in [1.54, 1.807) is 0 Å². The van der Waals surface area contributed by atoms with E-state index in [1.165, 1.54) is 60.5 Å². The molecule has 0 fully saturated rings. The minimum absolute atomic E-state index is 0.120. The third-order valence-electron chi connectivity index (χ3n) is 12.1. The van der Waals surface area contributed by atoms with Crippen LogP contribution in [-0.2, 0) is 5.41 Å². The summed E-state index contributed by atoms with van der Waals surface area (Å²) < 4.78 is 4.76. The number of rotatable bonds is 3. The smallest absolute Gasteiger partial charge is 0.235 e. The Bertz CT molecular complexity index is 3360. The highest BCUT2D eigenvalue weighted by Gasteiger charge is 2.35. The number of hydrogen-bond donors (Lipinski definition) is 0. The van der Waals surface area contributed by atoms with Gasteiger partial charge in [-0.3, -0.25) is 4.57 Å². The van der Waals surface area contributed by atoms with Gasteiger partial charge in [-0.1, -0.05) is 147 Å². The molecule has 0 spiro atoms. The van der Waals surface area contributed by atoms with Crippen molar-refractivity contribution in [1.29, 1.82) is 0 Å². The first-order valence-electron chi connectivity index (χ1n) is 19.0. The zero-order chi connectivity index (χ0) is 36.4. The van der Waals surface area contributed by atoms with Gasteiger partial charge in [0.25, 0.3) is 0 Å². The van der Waals surface area contributed by atoms with Crippen LogP contribution in [0, 0.1) is 0 Å². The van der Waals surface area contributed by atoms with Gasteiger partial charge in [-0.25, -0.2) is 9.97 Å². The Hall–Kier alpha value is -7.04. The lowest BCUT2D eigenvalue weighted by Gasteiger charge is -2.22. The summed E-state index contributed by atoms with van der Waals surface area (Å²) in [5, 5.41) is 8.23. The second-order valence-electron chi connectivity index (χ2n) is 15.4. The van der Waals surface area contributed by atoms with Gasteiger partial charge in [-0.2, -0.15) is 0 Å². The molecule has 0 amide bonds. The highest BCUT2D eigenvalue weighted by Crippen LogP contribution is 2.50. The molecule has 0 radical (unpaired) electrons. The van der Waals surface area contributed by atoms with Gasteiger partial charge in [0, 0.05) is 43.3 Å². The molecule has 0 saturated carbocycles. The average molecular weight is 703 g/mol. The molecule has 0 aliphatic heterocycles. The number of fused-ring (bicyclic) bond motifs is 11. The highest BCUT2D eigenvalue weighted by atomic mass is 15.2. The summed E-state index contributed by atoms with van der Waals surface area (Å²) in [5.41, 5.74) is 13.8. The van der Waals surface area contributed by atoms with Gasteiger partial charge >= 0.3 is 0 Å². The molecule has 12 rings (SSSR count). The summed E-state index contributed by atoms with van der Waals surface area (Å²) in [6.45, 7) is 4.67. The van der Waals surface area contributed by atoms with Crippen molar-refractivity contribution >= 4 is 65.3 Å². The fourth-order valence-electron chi connectivity index (χ4n) is 9.61. The van der Waals surface area contributed by atoms with Gasteiger partial charge in [-0.15, -0.1) is 0 Å². The van der Waals surface area contributed by atoms with E-state index in [0.29, 0.717) is 5.95 Å². The molecule has 0 saturated heterocycles. The molecule has 0 N–H and O–H groups in total. The highest BCUT2D eigenvalue weighted by molar-refractivity contribution is 6.22. The lowest BCUT2D eigenvalue weighted by Crippen LogP contribution is -2.15. The molecule has 8 aromatic carbocycles. The second-order valence-corrected chi connectivity index (χ2v) is 15.4. The Labute approximate surface area is 317 Å². The van der Waals surface area contributed by atoms with Gasteiger partial charge in [-0.05, 0) is 64.0 Å². The van der Waals surface area contributed by atoms with Crippen LogP contribution < -0.4 is 0 Å². The van der Waals surface area contributed by atoms with E-state index in [0.717, 1.165) is 44.0 Å². The molecule has 0 bridgehead atoms. The van der Waals surface area contributed by atoms with E-state index in [9.17, 15) is 0 Å². The largest absolute Gasteiger partial charge is 0.308 e. The number of aromatic nitrogens is 4. The first-order valence-corrected chi connectivity index (χ1v) is 19.0. The van der Waals surface area contributed by atoms with Crippen molar-refractivity contribution in [2.75, 3.05) is 0 Å². The van der Waals surface area contributed by atoms with Crippen molar-refractivity contribution in [3.8, 4) is 34.0 Å². The maximum absolute atomic E-state index is 5.55. The Morgan fingerprint density at radius 2 is 1.02 bits per heavy atom. The minimum Gasteiger partial charge on any atom is -0.308 e. The number of benzene rings is 8. The van der Waals surface area contributed by atoms with Crippen LogP contribution >= 0.6 is 0 Å². The standard InChI is InChI=1S/C51H34N4/c1-51(2)40-22-10-5-17-34(40)35-28-27-32(29-41(35)51)48-38-20-6-11-23-42(38)52-50(53-48)55-45-26-14-9-21-39(45)47-46(55)30-31-15-3-4-16-33(31)49(47)54-43-24-12-7-18-36(43)37-19-8-13-25-44(37)54/h3-30H,1-2H3. The van der Waals surface area contributed by atoms with Crippen molar-refractivity contribution in [3.63, 3.8) is 0 Å². The topological polar surface area (TPSA) is 35.6 Å². The monoisotopic (exact) mass is 702 g/mol. The Morgan fingerprint density at radius 3 is 1.78 bits per heavy atom. The Kier molecular flexibility index (Phi) is 6.09. The van der Waals surface area contributed by atoms with E-state index in [-0.39, 0.29) is 5.41 Å². The van der Waals surface area contributed by atoms with Crippen molar-refractivity contribution < 1.29 is 0 Å². The van der Waals surface area contributed by atoms with E-state index >= 15 is 0 Å². The van der Waals surface area contributed by atoms with Crippen LogP contribution in [0.3, 0.4) is 0 Å². The first kappa shape index (κ1) is 30.4. The third-order valence-corrected chi connectivity index (χ3v) is 12.1. The molecule has 4 nitrogen and oxygen atoms in total. The molecule has 0 unspecified atom stereocenters. The van der Waals surface area contributed by atoms with E-state index in [1.807, 2.05) is 0 Å². The summed E-state index contributed by atoms with van der Waals surface area (Å²) in [6.07, 6.45) is 0. The van der Waals surface area contributed by atoms with Crippen LogP contribution in [0.15, 0.2) is 170 Å². The van der Waals surface area contributed by atoms with Crippen LogP contribution in [0.25, 0.3) is 99.3 Å². The number of nitrogens with zero attached hydrogens (tertiary/aromatic N) is 4. The fraction of sp³-hybridized carbons (Fsp3) is 0.0588. The van der Waals surface area contributed by atoms with Crippen LogP contribution in [0.1, 0.15) is 25.0 Å². The van der Waals surface area contributed by atoms with Gasteiger partial charge in [0.1, 0.15) is 0 Å². The summed E-state index contributed by atoms with van der Waals surface area (Å²) in [5.74, 6) is 0.659. The quantitative estimate of drug-likeness (QED) is 0.184. The van der Waals surface area contributed by atoms with Crippen LogP contribution in [0.4, 0.5) is 0 Å². The normalized spacial score (nSPS) is 13.4. The van der Waals surface area contributed by atoms with E-state index < -0.39 is 0 Å². The van der Waals surface area contributed by atoms with Crippen molar-refractivity contribution in [1.82, 2.24) is 19.1 Å². The summed E-state index contributed by atoms with van der Waals surface area (Å²) in [7, 11) is 0. The predicted octanol–water partition coefficient (Wildman–Crippen LogP) is 13.0. The number of hydrogen-bond acceptors (Lipinski definition) is 2. The van der Waals surface area contributed by atoms with Gasteiger partial charge < -0.3 is 4.57 Å². The van der Waals surface area contributed by atoms with Crippen molar-refractivity contribution in [2.24, 2.45) is 0 Å². The van der Waals surface area contributed by atoms with E-state index in [4.69, 9.17) is 9.97 Å². The summed E-state index contributed by atoms with van der Waals surface area (Å²) in [6, 6.07) is 61.5. The fourth-order valence-corrected chi connectivity index (χ4v) is 9.61.